The van der Waals surface area contributed by atoms with Crippen molar-refractivity contribution in [3.63, 3.8) is 0 Å². The first kappa shape index (κ1) is 20.8. The lowest BCUT2D eigenvalue weighted by molar-refractivity contribution is -0.384. The van der Waals surface area contributed by atoms with Crippen molar-refractivity contribution in [1.29, 1.82) is 0 Å². The summed E-state index contributed by atoms with van der Waals surface area (Å²) in [5, 5.41) is 15.4. The summed E-state index contributed by atoms with van der Waals surface area (Å²) in [6.07, 6.45) is 0. The predicted molar refractivity (Wildman–Crippen MR) is 115 cm³/mol. The molecule has 0 saturated heterocycles. The predicted octanol–water partition coefficient (Wildman–Crippen LogP) is 6.07. The molecule has 0 aliphatic carbocycles. The Morgan fingerprint density at radius 3 is 2.66 bits per heavy atom. The van der Waals surface area contributed by atoms with Crippen LogP contribution in [0, 0.1) is 30.9 Å². The second-order valence-electron chi connectivity index (χ2n) is 6.69. The molecule has 0 fully saturated rings. The van der Waals surface area contributed by atoms with Crippen LogP contribution >= 0.6 is 22.9 Å². The van der Waals surface area contributed by atoms with Crippen LogP contribution in [-0.2, 0) is 6.61 Å². The average Bonchev–Trinajstić information content (AvgIpc) is 3.14. The number of thiophene rings is 1. The molecule has 0 spiro atoms. The molecule has 1 amide bonds. The lowest BCUT2D eigenvalue weighted by Gasteiger charge is -2.11. The van der Waals surface area contributed by atoms with Gasteiger partial charge in [-0.3, -0.25) is 14.9 Å². The number of nitro groups is 1. The minimum absolute atomic E-state index is 0.109. The molecule has 0 aliphatic heterocycles. The maximum Gasteiger partial charge on any atom is 0.271 e. The molecule has 3 aromatic rings. The van der Waals surface area contributed by atoms with Gasteiger partial charge in [0.05, 0.1) is 20.5 Å². The Labute approximate surface area is 177 Å². The lowest BCUT2D eigenvalue weighted by atomic mass is 10.1. The van der Waals surface area contributed by atoms with E-state index in [1.54, 1.807) is 6.07 Å². The van der Waals surface area contributed by atoms with Crippen molar-refractivity contribution in [3.8, 4) is 5.75 Å². The van der Waals surface area contributed by atoms with E-state index in [0.29, 0.717) is 17.2 Å². The normalized spacial score (nSPS) is 10.6. The molecule has 1 heterocycles. The molecule has 150 valence electrons. The summed E-state index contributed by atoms with van der Waals surface area (Å²) < 4.78 is 5.94. The van der Waals surface area contributed by atoms with Crippen molar-refractivity contribution in [2.24, 2.45) is 0 Å². The molecule has 0 bridgehead atoms. The van der Waals surface area contributed by atoms with E-state index in [1.807, 2.05) is 32.2 Å². The molecule has 0 aliphatic rings. The van der Waals surface area contributed by atoms with E-state index in [9.17, 15) is 14.9 Å². The fourth-order valence-corrected chi connectivity index (χ4v) is 3.80. The minimum Gasteiger partial charge on any atom is -0.489 e. The summed E-state index contributed by atoms with van der Waals surface area (Å²) >= 11 is 7.33. The van der Waals surface area contributed by atoms with Crippen molar-refractivity contribution in [2.75, 3.05) is 5.32 Å². The number of amides is 1. The van der Waals surface area contributed by atoms with Crippen molar-refractivity contribution < 1.29 is 14.5 Å². The maximum atomic E-state index is 12.5. The van der Waals surface area contributed by atoms with E-state index in [1.165, 1.54) is 35.1 Å². The van der Waals surface area contributed by atoms with E-state index in [-0.39, 0.29) is 16.6 Å². The number of halogens is 1. The molecule has 1 N–H and O–H groups in total. The van der Waals surface area contributed by atoms with Crippen LogP contribution in [0.1, 0.15) is 31.9 Å². The number of rotatable bonds is 6. The lowest BCUT2D eigenvalue weighted by Crippen LogP contribution is -2.10. The number of hydrogen-bond donors (Lipinski definition) is 1. The molecule has 2 aromatic carbocycles. The molecule has 0 saturated carbocycles. The van der Waals surface area contributed by atoms with Gasteiger partial charge in [0, 0.05) is 17.7 Å². The summed E-state index contributed by atoms with van der Waals surface area (Å²) in [5.41, 5.74) is 4.47. The number of carbonyl (C=O) groups is 1. The number of hydrogen-bond acceptors (Lipinski definition) is 5. The molecular weight excluding hydrogens is 412 g/mol. The Balaban J connectivity index is 1.67. The summed E-state index contributed by atoms with van der Waals surface area (Å²) in [4.78, 5) is 23.2. The van der Waals surface area contributed by atoms with Crippen LogP contribution in [0.15, 0.2) is 41.8 Å². The fraction of sp³-hybridized carbons (Fsp3) is 0.190. The number of nitrogens with one attached hydrogen (secondary N) is 1. The Morgan fingerprint density at radius 1 is 1.21 bits per heavy atom. The van der Waals surface area contributed by atoms with Crippen molar-refractivity contribution in [3.05, 3.63) is 84.0 Å². The van der Waals surface area contributed by atoms with Crippen LogP contribution in [0.3, 0.4) is 0 Å². The van der Waals surface area contributed by atoms with E-state index in [4.69, 9.17) is 16.3 Å². The van der Waals surface area contributed by atoms with E-state index >= 15 is 0 Å². The summed E-state index contributed by atoms with van der Waals surface area (Å²) in [6, 6.07) is 9.78. The number of non-ortho nitro benzene ring substituents is 1. The molecular formula is C21H19ClN2O4S. The third-order valence-corrected chi connectivity index (χ3v) is 5.74. The number of anilines is 1. The van der Waals surface area contributed by atoms with Crippen LogP contribution in [-0.4, -0.2) is 10.8 Å². The van der Waals surface area contributed by atoms with Crippen LogP contribution in [0.25, 0.3) is 0 Å². The van der Waals surface area contributed by atoms with E-state index in [2.05, 4.69) is 11.4 Å². The number of nitrogens with zero attached hydrogens (tertiary/aromatic N) is 1. The summed E-state index contributed by atoms with van der Waals surface area (Å²) in [7, 11) is 0. The zero-order chi connectivity index (χ0) is 21.1. The van der Waals surface area contributed by atoms with Gasteiger partial charge >= 0.3 is 0 Å². The zero-order valence-electron chi connectivity index (χ0n) is 16.1. The third-order valence-electron chi connectivity index (χ3n) is 4.45. The van der Waals surface area contributed by atoms with Gasteiger partial charge in [0.15, 0.2) is 0 Å². The number of ether oxygens (including phenoxy) is 1. The smallest absolute Gasteiger partial charge is 0.271 e. The quantitative estimate of drug-likeness (QED) is 0.380. The summed E-state index contributed by atoms with van der Waals surface area (Å²) in [5.74, 6) is 0.497. The van der Waals surface area contributed by atoms with Gasteiger partial charge in [0.25, 0.3) is 11.6 Å². The van der Waals surface area contributed by atoms with Gasteiger partial charge in [-0.05, 0) is 61.0 Å². The topological polar surface area (TPSA) is 81.5 Å². The van der Waals surface area contributed by atoms with Gasteiger partial charge in [0.2, 0.25) is 0 Å². The zero-order valence-corrected chi connectivity index (χ0v) is 17.7. The van der Waals surface area contributed by atoms with Gasteiger partial charge in [-0.2, -0.15) is 0 Å². The second kappa shape index (κ2) is 8.63. The average molecular weight is 431 g/mol. The minimum atomic E-state index is -0.541. The van der Waals surface area contributed by atoms with Gasteiger partial charge < -0.3 is 10.1 Å². The number of nitro benzene ring substituents is 1. The standard InChI is InChI=1S/C21H19ClN2O4S/c1-12-6-13(2)14(3)19(7-12)28-10-15-8-20(29-11-15)21(25)23-18-5-4-16(24(26)27)9-17(18)22/h4-9,11H,10H2,1-3H3,(H,23,25). The first-order chi connectivity index (χ1) is 13.7. The van der Waals surface area contributed by atoms with Crippen LogP contribution in [0.4, 0.5) is 11.4 Å². The van der Waals surface area contributed by atoms with Crippen molar-refractivity contribution in [2.45, 2.75) is 27.4 Å². The Kier molecular flexibility index (Phi) is 6.20. The second-order valence-corrected chi connectivity index (χ2v) is 8.01. The highest BCUT2D eigenvalue weighted by molar-refractivity contribution is 7.12. The highest BCUT2D eigenvalue weighted by atomic mass is 35.5. The molecule has 6 nitrogen and oxygen atoms in total. The number of aryl methyl sites for hydroxylation is 2. The van der Waals surface area contributed by atoms with Gasteiger partial charge in [-0.1, -0.05) is 17.7 Å². The highest BCUT2D eigenvalue weighted by Gasteiger charge is 2.14. The van der Waals surface area contributed by atoms with Gasteiger partial charge in [-0.25, -0.2) is 0 Å². The van der Waals surface area contributed by atoms with Gasteiger partial charge in [-0.15, -0.1) is 11.3 Å². The Bertz CT molecular complexity index is 1090. The molecule has 8 heteroatoms. The monoisotopic (exact) mass is 430 g/mol. The molecule has 1 aromatic heterocycles. The molecule has 3 rings (SSSR count). The number of benzene rings is 2. The SMILES string of the molecule is Cc1cc(C)c(C)c(OCc2csc(C(=O)Nc3ccc([N+](=O)[O-])cc3Cl)c2)c1. The Morgan fingerprint density at radius 2 is 1.97 bits per heavy atom. The van der Waals surface area contributed by atoms with E-state index in [0.717, 1.165) is 22.4 Å². The summed E-state index contributed by atoms with van der Waals surface area (Å²) in [6.45, 7) is 6.44. The van der Waals surface area contributed by atoms with Gasteiger partial charge in [0.1, 0.15) is 12.4 Å². The first-order valence-corrected chi connectivity index (χ1v) is 10.0. The van der Waals surface area contributed by atoms with Crippen molar-refractivity contribution >= 4 is 40.2 Å². The van der Waals surface area contributed by atoms with Crippen molar-refractivity contribution in [1.82, 2.24) is 0 Å². The largest absolute Gasteiger partial charge is 0.489 e. The fourth-order valence-electron chi connectivity index (χ4n) is 2.79. The molecule has 0 atom stereocenters. The molecule has 0 unspecified atom stereocenters. The van der Waals surface area contributed by atoms with Crippen LogP contribution < -0.4 is 10.1 Å². The first-order valence-electron chi connectivity index (χ1n) is 8.78. The highest BCUT2D eigenvalue weighted by Crippen LogP contribution is 2.28. The van der Waals surface area contributed by atoms with Crippen LogP contribution in [0.2, 0.25) is 5.02 Å². The molecule has 0 radical (unpaired) electrons. The van der Waals surface area contributed by atoms with Crippen LogP contribution in [0.5, 0.6) is 5.75 Å². The molecule has 29 heavy (non-hydrogen) atoms. The Hall–Kier alpha value is -2.90. The third kappa shape index (κ3) is 4.93. The number of carbonyl (C=O) groups excluding carboxylic acids is 1. The van der Waals surface area contributed by atoms with E-state index < -0.39 is 4.92 Å². The maximum absolute atomic E-state index is 12.5.